The second kappa shape index (κ2) is 7.89. The molecular weight excluding hydrogens is 410 g/mol. The molecule has 0 radical (unpaired) electrons. The van der Waals surface area contributed by atoms with Gasteiger partial charge in [-0.3, -0.25) is 14.6 Å². The largest absolute Gasteiger partial charge is 0.368 e. The third-order valence-electron chi connectivity index (χ3n) is 4.66. The summed E-state index contributed by atoms with van der Waals surface area (Å²) >= 11 is 0. The topological polar surface area (TPSA) is 131 Å². The first-order valence-corrected chi connectivity index (χ1v) is 9.11. The molecule has 0 aliphatic carbocycles. The minimum Gasteiger partial charge on any atom is -0.368 e. The molecule has 0 saturated heterocycles. The van der Waals surface area contributed by atoms with Crippen LogP contribution in [-0.2, 0) is 9.59 Å². The third kappa shape index (κ3) is 3.95. The minimum atomic E-state index is -0.939. The number of aryl methyl sites for hydroxylation is 1. The summed E-state index contributed by atoms with van der Waals surface area (Å²) in [6.07, 6.45) is -0.0913. The van der Waals surface area contributed by atoms with Crippen LogP contribution in [0.3, 0.4) is 0 Å². The van der Waals surface area contributed by atoms with E-state index in [1.54, 1.807) is 6.92 Å². The monoisotopic (exact) mass is 426 g/mol. The zero-order valence-corrected chi connectivity index (χ0v) is 16.2. The lowest BCUT2D eigenvalue weighted by Gasteiger charge is -2.20. The van der Waals surface area contributed by atoms with Crippen molar-refractivity contribution in [3.05, 3.63) is 59.9 Å². The fraction of sp³-hybridized carbons (Fsp3) is 0.158. The highest BCUT2D eigenvalue weighted by Gasteiger charge is 2.35. The molecule has 0 spiro atoms. The number of halogens is 2. The number of amides is 2. The number of nitrogens with one attached hydrogen (secondary N) is 1. The highest BCUT2D eigenvalue weighted by atomic mass is 19.1. The van der Waals surface area contributed by atoms with Crippen LogP contribution in [0.2, 0.25) is 0 Å². The van der Waals surface area contributed by atoms with Crippen molar-refractivity contribution in [1.29, 1.82) is 0 Å². The summed E-state index contributed by atoms with van der Waals surface area (Å²) in [5, 5.41) is 19.0. The first-order valence-electron chi connectivity index (χ1n) is 9.11. The first-order chi connectivity index (χ1) is 14.8. The van der Waals surface area contributed by atoms with Gasteiger partial charge in [-0.1, -0.05) is 0 Å². The Hall–Kier alpha value is -4.22. The average Bonchev–Trinajstić information content (AvgIpc) is 3.37. The first kappa shape index (κ1) is 20.1. The number of tetrazole rings is 1. The van der Waals surface area contributed by atoms with Crippen LogP contribution < -0.4 is 16.1 Å². The number of aromatic nitrogens is 4. The Morgan fingerprint density at radius 2 is 1.84 bits per heavy atom. The fourth-order valence-electron chi connectivity index (χ4n) is 3.11. The molecule has 1 aliphatic rings. The lowest BCUT2D eigenvalue weighted by molar-refractivity contribution is -0.119. The van der Waals surface area contributed by atoms with E-state index in [1.807, 2.05) is 0 Å². The van der Waals surface area contributed by atoms with E-state index in [1.165, 1.54) is 52.2 Å². The molecule has 1 atom stereocenters. The molecule has 2 heterocycles. The lowest BCUT2D eigenvalue weighted by atomic mass is 10.1. The maximum Gasteiger partial charge on any atom is 0.272 e. The van der Waals surface area contributed by atoms with E-state index < -0.39 is 29.5 Å². The summed E-state index contributed by atoms with van der Waals surface area (Å²) in [6.45, 7) is 1.67. The van der Waals surface area contributed by atoms with Crippen molar-refractivity contribution in [2.75, 3.05) is 10.3 Å². The van der Waals surface area contributed by atoms with Crippen molar-refractivity contribution in [2.24, 2.45) is 10.8 Å². The van der Waals surface area contributed by atoms with Crippen molar-refractivity contribution in [2.45, 2.75) is 19.4 Å². The highest BCUT2D eigenvalue weighted by molar-refractivity contribution is 6.44. The Morgan fingerprint density at radius 3 is 2.48 bits per heavy atom. The molecule has 1 unspecified atom stereocenters. The molecule has 1 aliphatic heterocycles. The van der Waals surface area contributed by atoms with E-state index in [9.17, 15) is 18.4 Å². The van der Waals surface area contributed by atoms with E-state index in [0.717, 1.165) is 0 Å². The van der Waals surface area contributed by atoms with E-state index in [4.69, 9.17) is 5.73 Å². The second-order valence-electron chi connectivity index (χ2n) is 6.75. The summed E-state index contributed by atoms with van der Waals surface area (Å²) in [6, 6.07) is 8.27. The van der Waals surface area contributed by atoms with Gasteiger partial charge in [0, 0.05) is 6.42 Å². The van der Waals surface area contributed by atoms with Crippen LogP contribution in [0.5, 0.6) is 0 Å². The van der Waals surface area contributed by atoms with Crippen molar-refractivity contribution in [3.63, 3.8) is 0 Å². The standard InChI is InChI=1S/C19H16F2N8O2/c1-10-24-26-27-28(10)13-6-7-14(21)15(8-13)23-19(31)16-9-17(18(22)30)29(25-16)12-4-2-11(20)3-5-12/h2-8,17H,9H2,1H3,(H2,22,30)(H,23,31). The van der Waals surface area contributed by atoms with Crippen molar-refractivity contribution < 1.29 is 18.4 Å². The van der Waals surface area contributed by atoms with Crippen LogP contribution in [0.15, 0.2) is 47.6 Å². The molecule has 31 heavy (non-hydrogen) atoms. The van der Waals surface area contributed by atoms with Gasteiger partial charge in [-0.25, -0.2) is 8.78 Å². The van der Waals surface area contributed by atoms with Crippen LogP contribution in [0.1, 0.15) is 12.2 Å². The van der Waals surface area contributed by atoms with Gasteiger partial charge < -0.3 is 11.1 Å². The van der Waals surface area contributed by atoms with Crippen molar-refractivity contribution >= 4 is 28.9 Å². The molecule has 0 bridgehead atoms. The normalized spacial score (nSPS) is 15.6. The number of benzene rings is 2. The molecule has 3 aromatic rings. The number of hydrazone groups is 1. The number of anilines is 2. The molecule has 3 N–H and O–H groups in total. The predicted octanol–water partition coefficient (Wildman–Crippen LogP) is 1.31. The van der Waals surface area contributed by atoms with E-state index in [2.05, 4.69) is 25.9 Å². The van der Waals surface area contributed by atoms with Gasteiger partial charge in [-0.2, -0.15) is 9.78 Å². The van der Waals surface area contributed by atoms with Gasteiger partial charge in [0.25, 0.3) is 5.91 Å². The summed E-state index contributed by atoms with van der Waals surface area (Å²) in [4.78, 5) is 24.6. The van der Waals surface area contributed by atoms with Crippen LogP contribution in [-0.4, -0.2) is 43.8 Å². The number of rotatable bonds is 5. The zero-order valence-electron chi connectivity index (χ0n) is 16.2. The summed E-state index contributed by atoms with van der Waals surface area (Å²) in [5.41, 5.74) is 6.12. The van der Waals surface area contributed by atoms with Gasteiger partial charge in [0.15, 0.2) is 5.82 Å². The molecule has 1 aromatic heterocycles. The Morgan fingerprint density at radius 1 is 1.13 bits per heavy atom. The van der Waals surface area contributed by atoms with E-state index in [0.29, 0.717) is 17.2 Å². The number of hydrogen-bond acceptors (Lipinski definition) is 7. The molecule has 2 amide bonds. The van der Waals surface area contributed by atoms with Crippen LogP contribution in [0.25, 0.3) is 5.69 Å². The molecule has 2 aromatic carbocycles. The smallest absolute Gasteiger partial charge is 0.272 e. The number of hydrogen-bond donors (Lipinski definition) is 2. The minimum absolute atomic E-state index is 0.0310. The van der Waals surface area contributed by atoms with Crippen LogP contribution >= 0.6 is 0 Å². The summed E-state index contributed by atoms with van der Waals surface area (Å²) < 4.78 is 28.9. The maximum atomic E-state index is 14.3. The molecule has 158 valence electrons. The van der Waals surface area contributed by atoms with Gasteiger partial charge in [-0.05, 0) is 59.8 Å². The Kier molecular flexibility index (Phi) is 5.11. The Labute approximate surface area is 174 Å². The fourth-order valence-corrected chi connectivity index (χ4v) is 3.11. The number of carbonyl (C=O) groups is 2. The molecule has 0 saturated carbocycles. The Bertz CT molecular complexity index is 1190. The number of carbonyl (C=O) groups excluding carboxylic acids is 2. The van der Waals surface area contributed by atoms with Gasteiger partial charge >= 0.3 is 0 Å². The van der Waals surface area contributed by atoms with Crippen LogP contribution in [0.4, 0.5) is 20.2 Å². The molecular formula is C19H16F2N8O2. The molecule has 4 rings (SSSR count). The third-order valence-corrected chi connectivity index (χ3v) is 4.66. The predicted molar refractivity (Wildman–Crippen MR) is 106 cm³/mol. The summed E-state index contributed by atoms with van der Waals surface area (Å²) in [5.74, 6) is -2.08. The number of nitrogens with zero attached hydrogens (tertiary/aromatic N) is 6. The van der Waals surface area contributed by atoms with Crippen LogP contribution in [0, 0.1) is 18.6 Å². The zero-order chi connectivity index (χ0) is 22.1. The van der Waals surface area contributed by atoms with Crippen molar-refractivity contribution in [1.82, 2.24) is 20.2 Å². The van der Waals surface area contributed by atoms with Gasteiger partial charge in [-0.15, -0.1) is 5.10 Å². The van der Waals surface area contributed by atoms with E-state index >= 15 is 0 Å². The van der Waals surface area contributed by atoms with E-state index in [-0.39, 0.29) is 17.8 Å². The molecule has 0 fully saturated rings. The van der Waals surface area contributed by atoms with Gasteiger partial charge in [0.1, 0.15) is 23.4 Å². The number of nitrogens with two attached hydrogens (primary N) is 1. The molecule has 12 heteroatoms. The van der Waals surface area contributed by atoms with Gasteiger partial charge in [0.2, 0.25) is 5.91 Å². The maximum absolute atomic E-state index is 14.3. The molecule has 10 nitrogen and oxygen atoms in total. The Balaban J connectivity index is 1.60. The second-order valence-corrected chi connectivity index (χ2v) is 6.75. The summed E-state index contributed by atoms with van der Waals surface area (Å²) in [7, 11) is 0. The average molecular weight is 426 g/mol. The number of primary amides is 1. The quantitative estimate of drug-likeness (QED) is 0.632. The van der Waals surface area contributed by atoms with Gasteiger partial charge in [0.05, 0.1) is 17.1 Å². The van der Waals surface area contributed by atoms with Crippen molar-refractivity contribution in [3.8, 4) is 5.69 Å². The SMILES string of the molecule is Cc1nnnn1-c1ccc(F)c(NC(=O)C2=NN(c3ccc(F)cc3)C(C(N)=O)C2)c1. The lowest BCUT2D eigenvalue weighted by Crippen LogP contribution is -2.39. The highest BCUT2D eigenvalue weighted by Crippen LogP contribution is 2.26.